The molecule has 0 aliphatic carbocycles. The molecular formula is C35H31Cl4N5O2Pd2. The second-order valence-electron chi connectivity index (χ2n) is 10.4. The van der Waals surface area contributed by atoms with Crippen LogP contribution >= 0.6 is 0 Å². The average molecular weight is 908 g/mol. The Hall–Kier alpha value is -2.82. The van der Waals surface area contributed by atoms with Gasteiger partial charge in [-0.05, 0) is 133 Å². The van der Waals surface area contributed by atoms with Gasteiger partial charge >= 0.3 is 40.8 Å². The van der Waals surface area contributed by atoms with Crippen LogP contribution in [-0.4, -0.2) is 27.3 Å². The molecular weight excluding hydrogens is 877 g/mol. The standard InChI is InChI=1S/C35H31N5O2.4ClH.2Pd/c1-22-14-27(15-23(2)34(22)38-20-29-10-6-8-12-36-29)32-18-31(40(41)42)19-33(26(32)5)28-16-24(3)35(25(4)17-28)39-21-30-11-7-9-13-37-30;;;;;;/h6-21H,1-5H3;4*1H;;/q;;;;;2*+2/p-4. The van der Waals surface area contributed by atoms with Crippen LogP contribution in [0.3, 0.4) is 0 Å². The quantitative estimate of drug-likeness (QED) is 0.0745. The topological polar surface area (TPSA) is 93.6 Å². The van der Waals surface area contributed by atoms with E-state index in [1.807, 2.05) is 95.3 Å². The number of non-ortho nitro benzene ring substituents is 1. The van der Waals surface area contributed by atoms with Crippen LogP contribution in [0.25, 0.3) is 22.3 Å². The molecule has 256 valence electrons. The van der Waals surface area contributed by atoms with Gasteiger partial charge in [-0.2, -0.15) is 0 Å². The minimum Gasteiger partial charge on any atom is -1.00 e. The summed E-state index contributed by atoms with van der Waals surface area (Å²) in [6.07, 6.45) is 6.97. The molecule has 0 aliphatic heterocycles. The molecule has 0 fully saturated rings. The molecule has 5 aromatic rings. The number of aliphatic imine (C=N–C) groups is 2. The van der Waals surface area contributed by atoms with Gasteiger partial charge in [0, 0.05) is 24.5 Å². The molecule has 13 heteroatoms. The molecule has 0 radical (unpaired) electrons. The van der Waals surface area contributed by atoms with Crippen LogP contribution in [0.2, 0.25) is 0 Å². The van der Waals surface area contributed by atoms with Gasteiger partial charge < -0.3 is 49.6 Å². The van der Waals surface area contributed by atoms with Gasteiger partial charge in [-0.1, -0.05) is 12.1 Å². The summed E-state index contributed by atoms with van der Waals surface area (Å²) < 4.78 is 0. The molecule has 3 aromatic carbocycles. The van der Waals surface area contributed by atoms with Gasteiger partial charge in [-0.15, -0.1) is 0 Å². The fraction of sp³-hybridized carbons (Fsp3) is 0.143. The SMILES string of the molecule is Cc1cc(-c2cc([N+](=O)[O-])cc(-c3cc(C)c(N=Cc4ccccn4)c(C)c3)c2C)cc(C)c1N=Cc1ccccn1.[Cl-].[Cl-].[Cl-].[Cl-].[Pd+2].[Pd+2]. The molecule has 0 aliphatic rings. The van der Waals surface area contributed by atoms with Crippen LogP contribution in [0.5, 0.6) is 0 Å². The Labute approximate surface area is 333 Å². The molecule has 0 spiro atoms. The monoisotopic (exact) mass is 905 g/mol. The Morgan fingerprint density at radius 2 is 0.958 bits per heavy atom. The first-order valence-electron chi connectivity index (χ1n) is 13.6. The fourth-order valence-corrected chi connectivity index (χ4v) is 5.20. The number of hydrogen-bond acceptors (Lipinski definition) is 6. The summed E-state index contributed by atoms with van der Waals surface area (Å²) in [5.74, 6) is 0. The van der Waals surface area contributed by atoms with Crippen LogP contribution in [0, 0.1) is 44.7 Å². The Morgan fingerprint density at radius 3 is 1.25 bits per heavy atom. The fourth-order valence-electron chi connectivity index (χ4n) is 5.20. The molecule has 48 heavy (non-hydrogen) atoms. The Balaban J connectivity index is 0. The maximum atomic E-state index is 12.1. The third kappa shape index (κ3) is 11.1. The van der Waals surface area contributed by atoms with Crippen molar-refractivity contribution < 1.29 is 95.4 Å². The van der Waals surface area contributed by atoms with Crippen LogP contribution in [0.15, 0.2) is 95.2 Å². The summed E-state index contributed by atoms with van der Waals surface area (Å²) in [4.78, 5) is 29.7. The van der Waals surface area contributed by atoms with Gasteiger partial charge in [0.05, 0.1) is 40.1 Å². The number of aryl methyl sites for hydroxylation is 4. The van der Waals surface area contributed by atoms with Gasteiger partial charge in [0.2, 0.25) is 0 Å². The van der Waals surface area contributed by atoms with E-state index in [2.05, 4.69) is 9.97 Å². The van der Waals surface area contributed by atoms with Crippen LogP contribution in [0.1, 0.15) is 39.2 Å². The summed E-state index contributed by atoms with van der Waals surface area (Å²) in [6.45, 7) is 10.0. The van der Waals surface area contributed by atoms with E-state index in [1.165, 1.54) is 0 Å². The van der Waals surface area contributed by atoms with E-state index in [4.69, 9.17) is 9.98 Å². The van der Waals surface area contributed by atoms with Crippen molar-refractivity contribution >= 4 is 29.5 Å². The minimum atomic E-state index is -0.330. The molecule has 0 N–H and O–H groups in total. The van der Waals surface area contributed by atoms with Crippen molar-refractivity contribution in [1.82, 2.24) is 9.97 Å². The minimum absolute atomic E-state index is 0. The third-order valence-corrected chi connectivity index (χ3v) is 7.23. The molecule has 0 bridgehead atoms. The second-order valence-corrected chi connectivity index (χ2v) is 10.4. The second kappa shape index (κ2) is 21.3. The molecule has 0 amide bonds. The molecule has 2 heterocycles. The van der Waals surface area contributed by atoms with Crippen molar-refractivity contribution in [2.24, 2.45) is 9.98 Å². The molecule has 2 aromatic heterocycles. The number of rotatable bonds is 7. The van der Waals surface area contributed by atoms with Crippen LogP contribution in [-0.2, 0) is 40.8 Å². The number of nitrogens with zero attached hydrogens (tertiary/aromatic N) is 5. The summed E-state index contributed by atoms with van der Waals surface area (Å²) in [5.41, 5.74) is 11.7. The molecule has 0 saturated carbocycles. The molecule has 7 nitrogen and oxygen atoms in total. The van der Waals surface area contributed by atoms with Gasteiger partial charge in [-0.25, -0.2) is 0 Å². The maximum absolute atomic E-state index is 12.1. The summed E-state index contributed by atoms with van der Waals surface area (Å²) >= 11 is 0. The summed E-state index contributed by atoms with van der Waals surface area (Å²) in [6, 6.07) is 22.9. The maximum Gasteiger partial charge on any atom is 2.00 e. The molecule has 0 unspecified atom stereocenters. The normalized spacial score (nSPS) is 10.0. The molecule has 0 saturated heterocycles. The van der Waals surface area contributed by atoms with E-state index in [1.54, 1.807) is 37.0 Å². The number of aromatic nitrogens is 2. The average Bonchev–Trinajstić information content (AvgIpc) is 2.97. The van der Waals surface area contributed by atoms with E-state index >= 15 is 0 Å². The van der Waals surface area contributed by atoms with Crippen molar-refractivity contribution in [3.05, 3.63) is 135 Å². The number of hydrogen-bond donors (Lipinski definition) is 0. The zero-order valence-electron chi connectivity index (χ0n) is 26.4. The van der Waals surface area contributed by atoms with E-state index in [9.17, 15) is 10.1 Å². The predicted octanol–water partition coefficient (Wildman–Crippen LogP) is -3.23. The number of pyridine rings is 2. The largest absolute Gasteiger partial charge is 2.00 e. The van der Waals surface area contributed by atoms with Crippen LogP contribution < -0.4 is 49.6 Å². The van der Waals surface area contributed by atoms with E-state index in [-0.39, 0.29) is 101 Å². The summed E-state index contributed by atoms with van der Waals surface area (Å²) in [7, 11) is 0. The number of nitro groups is 1. The number of benzene rings is 3. The Morgan fingerprint density at radius 1 is 0.604 bits per heavy atom. The molecule has 5 rings (SSSR count). The first-order chi connectivity index (χ1) is 20.2. The van der Waals surface area contributed by atoms with Crippen molar-refractivity contribution in [1.29, 1.82) is 0 Å². The van der Waals surface area contributed by atoms with E-state index in [0.717, 1.165) is 72.8 Å². The predicted molar refractivity (Wildman–Crippen MR) is 171 cm³/mol. The molecule has 0 atom stereocenters. The van der Waals surface area contributed by atoms with Gasteiger partial charge in [-0.3, -0.25) is 30.1 Å². The van der Waals surface area contributed by atoms with Gasteiger partial charge in [0.15, 0.2) is 0 Å². The van der Waals surface area contributed by atoms with Crippen LogP contribution in [0.4, 0.5) is 17.1 Å². The van der Waals surface area contributed by atoms with E-state index in [0.29, 0.717) is 0 Å². The van der Waals surface area contributed by atoms with Crippen molar-refractivity contribution in [3.8, 4) is 22.3 Å². The van der Waals surface area contributed by atoms with Crippen molar-refractivity contribution in [2.75, 3.05) is 0 Å². The van der Waals surface area contributed by atoms with Crippen molar-refractivity contribution in [2.45, 2.75) is 34.6 Å². The Bertz CT molecular complexity index is 1700. The zero-order chi connectivity index (χ0) is 29.8. The van der Waals surface area contributed by atoms with Gasteiger partial charge in [0.1, 0.15) is 0 Å². The zero-order valence-corrected chi connectivity index (χ0v) is 32.6. The third-order valence-electron chi connectivity index (χ3n) is 7.23. The van der Waals surface area contributed by atoms with Crippen molar-refractivity contribution in [3.63, 3.8) is 0 Å². The van der Waals surface area contributed by atoms with E-state index < -0.39 is 0 Å². The Kier molecular flexibility index (Phi) is 21.0. The van der Waals surface area contributed by atoms with Gasteiger partial charge in [0.25, 0.3) is 5.69 Å². The first kappa shape index (κ1) is 47.3. The summed E-state index contributed by atoms with van der Waals surface area (Å²) in [5, 5.41) is 12.1. The smallest absolute Gasteiger partial charge is 1.00 e. The number of nitro benzene ring substituents is 1. The number of halogens is 4. The first-order valence-corrected chi connectivity index (χ1v) is 13.6.